The second-order valence-electron chi connectivity index (χ2n) is 5.17. The Morgan fingerprint density at radius 2 is 1.52 bits per heavy atom. The molecule has 2 rings (SSSR count). The van der Waals surface area contributed by atoms with Crippen LogP contribution < -0.4 is 0 Å². The van der Waals surface area contributed by atoms with Gasteiger partial charge in [-0.05, 0) is 0 Å². The average molecular weight is 330 g/mol. The second kappa shape index (κ2) is 6.58. The molecule has 0 spiro atoms. The first-order valence-corrected chi connectivity index (χ1v) is 9.58. The summed E-state index contributed by atoms with van der Waals surface area (Å²) in [6.07, 6.45) is 4.14. The Kier molecular flexibility index (Phi) is 5.01. The van der Waals surface area contributed by atoms with Crippen molar-refractivity contribution in [2.75, 3.05) is 0 Å². The van der Waals surface area contributed by atoms with Gasteiger partial charge in [-0.25, -0.2) is 0 Å². The van der Waals surface area contributed by atoms with E-state index in [0.717, 1.165) is 31.3 Å². The molecule has 0 saturated heterocycles. The second-order valence-corrected chi connectivity index (χ2v) is 8.85. The monoisotopic (exact) mass is 330 g/mol. The number of carbonyl (C=O) groups is 3. The molecule has 114 valence electrons. The predicted octanol–water partition coefficient (Wildman–Crippen LogP) is 2.20. The van der Waals surface area contributed by atoms with E-state index in [0.29, 0.717) is 3.88 Å². The van der Waals surface area contributed by atoms with Crippen molar-refractivity contribution >= 4 is 19.4 Å². The van der Waals surface area contributed by atoms with Gasteiger partial charge in [0, 0.05) is 0 Å². The minimum atomic E-state index is -4.45. The van der Waals surface area contributed by atoms with Crippen molar-refractivity contribution in [2.24, 2.45) is 5.92 Å². The molecule has 0 fully saturated rings. The molecular weight excluding hydrogens is 312 g/mol. The molecular formula is C14H18O6Ti. The third kappa shape index (κ3) is 2.70. The molecule has 6 nitrogen and oxygen atoms in total. The molecule has 0 saturated carbocycles. The van der Waals surface area contributed by atoms with Gasteiger partial charge in [-0.1, -0.05) is 0 Å². The van der Waals surface area contributed by atoms with E-state index in [1.807, 2.05) is 13.8 Å². The Morgan fingerprint density at radius 3 is 2.00 bits per heavy atom. The average Bonchev–Trinajstić information content (AvgIpc) is 2.73. The third-order valence-corrected chi connectivity index (χ3v) is 8.46. The first kappa shape index (κ1) is 16.0. The van der Waals surface area contributed by atoms with E-state index in [1.165, 1.54) is 11.1 Å². The molecule has 0 aromatic carbocycles. The van der Waals surface area contributed by atoms with E-state index in [4.69, 9.17) is 9.96 Å². The van der Waals surface area contributed by atoms with Crippen molar-refractivity contribution in [1.29, 1.82) is 0 Å². The number of rotatable bonds is 7. The van der Waals surface area contributed by atoms with E-state index in [9.17, 15) is 14.4 Å². The SMILES string of the molecule is CC1=[C]([Ti]([O]C=O)([O]C=O)[O]C=O)C(C)C2=C1CCCC2. The van der Waals surface area contributed by atoms with Crippen molar-refractivity contribution in [3.63, 3.8) is 0 Å². The van der Waals surface area contributed by atoms with Gasteiger partial charge >= 0.3 is 128 Å². The Hall–Kier alpha value is -1.40. The van der Waals surface area contributed by atoms with Crippen LogP contribution in [0.1, 0.15) is 39.5 Å². The van der Waals surface area contributed by atoms with Crippen LogP contribution in [-0.4, -0.2) is 19.4 Å². The standard InChI is InChI=1S/C11H15.3CH2O2.Ti/c1-8-7-9(2)11-6-4-3-5-10(8)11;3*2-1-3;/h8H,3-6H2,1-2H3;3*1H,(H,2,3);/q;;;;+3/p-3. The molecule has 0 aromatic heterocycles. The van der Waals surface area contributed by atoms with Gasteiger partial charge in [0.15, 0.2) is 0 Å². The van der Waals surface area contributed by atoms with Crippen molar-refractivity contribution in [1.82, 2.24) is 0 Å². The van der Waals surface area contributed by atoms with Gasteiger partial charge in [0.1, 0.15) is 0 Å². The topological polar surface area (TPSA) is 78.9 Å². The van der Waals surface area contributed by atoms with Crippen LogP contribution in [0, 0.1) is 5.92 Å². The zero-order chi connectivity index (χ0) is 15.5. The summed E-state index contributed by atoms with van der Waals surface area (Å²) in [6, 6.07) is 0. The summed E-state index contributed by atoms with van der Waals surface area (Å²) in [7, 11) is 0. The van der Waals surface area contributed by atoms with Gasteiger partial charge in [0.25, 0.3) is 0 Å². The fourth-order valence-corrected chi connectivity index (χ4v) is 6.96. The Balaban J connectivity index is 2.49. The fourth-order valence-electron chi connectivity index (χ4n) is 3.46. The molecule has 0 bridgehead atoms. The zero-order valence-electron chi connectivity index (χ0n) is 12.1. The minimum absolute atomic E-state index is 0.0276. The van der Waals surface area contributed by atoms with Gasteiger partial charge in [-0.3, -0.25) is 0 Å². The first-order valence-electron chi connectivity index (χ1n) is 6.89. The van der Waals surface area contributed by atoms with Crippen molar-refractivity contribution in [3.8, 4) is 0 Å². The van der Waals surface area contributed by atoms with E-state index in [1.54, 1.807) is 0 Å². The summed E-state index contributed by atoms with van der Waals surface area (Å²) in [5.41, 5.74) is 3.46. The van der Waals surface area contributed by atoms with Gasteiger partial charge in [0.05, 0.1) is 0 Å². The van der Waals surface area contributed by atoms with Crippen LogP contribution in [0.2, 0.25) is 0 Å². The summed E-state index contributed by atoms with van der Waals surface area (Å²) >= 11 is -4.45. The summed E-state index contributed by atoms with van der Waals surface area (Å²) in [6.45, 7) is 4.46. The van der Waals surface area contributed by atoms with E-state index in [2.05, 4.69) is 0 Å². The summed E-state index contributed by atoms with van der Waals surface area (Å²) < 4.78 is 15.9. The molecule has 0 aromatic rings. The van der Waals surface area contributed by atoms with E-state index < -0.39 is 17.8 Å². The van der Waals surface area contributed by atoms with E-state index >= 15 is 0 Å². The summed E-state index contributed by atoms with van der Waals surface area (Å²) in [4.78, 5) is 32.6. The molecule has 2 aliphatic carbocycles. The van der Waals surface area contributed by atoms with Gasteiger partial charge < -0.3 is 0 Å². The summed E-state index contributed by atoms with van der Waals surface area (Å²) in [5.74, 6) is -0.0276. The van der Waals surface area contributed by atoms with Gasteiger partial charge in [-0.15, -0.1) is 0 Å². The molecule has 2 aliphatic rings. The van der Waals surface area contributed by atoms with Crippen LogP contribution in [0.4, 0.5) is 0 Å². The summed E-state index contributed by atoms with van der Waals surface area (Å²) in [5, 5.41) is 0. The molecule has 0 N–H and O–H groups in total. The maximum atomic E-state index is 10.9. The van der Waals surface area contributed by atoms with Crippen LogP contribution in [-0.2, 0) is 42.1 Å². The predicted molar refractivity (Wildman–Crippen MR) is 68.8 cm³/mol. The van der Waals surface area contributed by atoms with E-state index in [-0.39, 0.29) is 25.3 Å². The van der Waals surface area contributed by atoms with Crippen molar-refractivity contribution < 1.29 is 42.1 Å². The Bertz CT molecular complexity index is 495. The third-order valence-electron chi connectivity index (χ3n) is 4.26. The number of allylic oxidation sites excluding steroid dienone is 4. The maximum absolute atomic E-state index is 10.9. The molecule has 0 radical (unpaired) electrons. The Labute approximate surface area is 127 Å². The molecule has 0 amide bonds. The van der Waals surface area contributed by atoms with Crippen LogP contribution >= 0.6 is 0 Å². The first-order chi connectivity index (χ1) is 10.1. The fraction of sp³-hybridized carbons (Fsp3) is 0.500. The normalized spacial score (nSPS) is 21.7. The molecule has 0 aliphatic heterocycles. The molecule has 0 heterocycles. The number of carbonyl (C=O) groups excluding carboxylic acids is 3. The number of hydrogen-bond acceptors (Lipinski definition) is 6. The van der Waals surface area contributed by atoms with Crippen molar-refractivity contribution in [3.05, 3.63) is 20.6 Å². The quantitative estimate of drug-likeness (QED) is 0.526. The van der Waals surface area contributed by atoms with Gasteiger partial charge in [-0.2, -0.15) is 0 Å². The van der Waals surface area contributed by atoms with Crippen molar-refractivity contribution in [2.45, 2.75) is 39.5 Å². The molecule has 1 unspecified atom stereocenters. The molecule has 7 heteroatoms. The zero-order valence-corrected chi connectivity index (χ0v) is 13.6. The van der Waals surface area contributed by atoms with Gasteiger partial charge in [0.2, 0.25) is 0 Å². The van der Waals surface area contributed by atoms with Crippen LogP contribution in [0.5, 0.6) is 0 Å². The van der Waals surface area contributed by atoms with Crippen LogP contribution in [0.3, 0.4) is 0 Å². The molecule has 1 atom stereocenters. The van der Waals surface area contributed by atoms with Crippen LogP contribution in [0.25, 0.3) is 0 Å². The Morgan fingerprint density at radius 1 is 1.00 bits per heavy atom. The molecule has 21 heavy (non-hydrogen) atoms. The van der Waals surface area contributed by atoms with Crippen LogP contribution in [0.15, 0.2) is 20.6 Å². The number of hydrogen-bond donors (Lipinski definition) is 0.